The second-order valence-corrected chi connectivity index (χ2v) is 6.11. The molecule has 0 fully saturated rings. The zero-order valence-corrected chi connectivity index (χ0v) is 13.1. The molecule has 2 aromatic rings. The normalized spacial score (nSPS) is 13.6. The Hall–Kier alpha value is -1.72. The van der Waals surface area contributed by atoms with Gasteiger partial charge in [-0.25, -0.2) is 0 Å². The van der Waals surface area contributed by atoms with Gasteiger partial charge in [0.2, 0.25) is 5.89 Å². The maximum Gasteiger partial charge on any atom is 0.243 e. The summed E-state index contributed by atoms with van der Waals surface area (Å²) in [5, 5.41) is 13.9. The van der Waals surface area contributed by atoms with Crippen LogP contribution in [0.15, 0.2) is 34.9 Å². The van der Waals surface area contributed by atoms with Crippen LogP contribution in [-0.4, -0.2) is 39.3 Å². The minimum atomic E-state index is -0.754. The molecule has 0 amide bonds. The van der Waals surface area contributed by atoms with Gasteiger partial charge in [-0.05, 0) is 33.4 Å². The average molecular weight is 289 g/mol. The molecule has 2 rings (SSSR count). The van der Waals surface area contributed by atoms with Gasteiger partial charge in [0.15, 0.2) is 5.82 Å². The fourth-order valence-corrected chi connectivity index (χ4v) is 2.22. The van der Waals surface area contributed by atoms with Crippen LogP contribution in [0.2, 0.25) is 0 Å². The van der Waals surface area contributed by atoms with E-state index in [4.69, 9.17) is 4.52 Å². The molecule has 0 spiro atoms. The van der Waals surface area contributed by atoms with Crippen LogP contribution in [0, 0.1) is 0 Å². The Kier molecular flexibility index (Phi) is 4.75. The second kappa shape index (κ2) is 6.37. The zero-order valence-electron chi connectivity index (χ0n) is 13.1. The molecule has 1 heterocycles. The van der Waals surface area contributed by atoms with Crippen LogP contribution in [0.3, 0.4) is 0 Å². The SMILES string of the molecule is CC(c1nc(Cc2ccccc2)no1)N(C)CC(C)(C)O. The van der Waals surface area contributed by atoms with Gasteiger partial charge in [0, 0.05) is 13.0 Å². The standard InChI is InChI=1S/C16H23N3O2/c1-12(19(4)11-16(2,3)20)15-17-14(18-21-15)10-13-8-6-5-7-9-13/h5-9,12,20H,10-11H2,1-4H3. The lowest BCUT2D eigenvalue weighted by Crippen LogP contribution is -2.37. The number of rotatable bonds is 6. The number of nitrogens with zero attached hydrogens (tertiary/aromatic N) is 3. The van der Waals surface area contributed by atoms with Crippen molar-refractivity contribution in [2.45, 2.75) is 38.8 Å². The van der Waals surface area contributed by atoms with Gasteiger partial charge in [-0.2, -0.15) is 4.98 Å². The highest BCUT2D eigenvalue weighted by molar-refractivity contribution is 5.18. The third-order valence-corrected chi connectivity index (χ3v) is 3.34. The van der Waals surface area contributed by atoms with E-state index in [2.05, 4.69) is 10.1 Å². The number of hydrogen-bond acceptors (Lipinski definition) is 5. The Bertz CT molecular complexity index is 560. The van der Waals surface area contributed by atoms with Crippen LogP contribution in [0.5, 0.6) is 0 Å². The number of hydrogen-bond donors (Lipinski definition) is 1. The summed E-state index contributed by atoms with van der Waals surface area (Å²) in [6.07, 6.45) is 0.659. The van der Waals surface area contributed by atoms with E-state index in [-0.39, 0.29) is 6.04 Å². The molecule has 0 aliphatic heterocycles. The molecule has 1 atom stereocenters. The van der Waals surface area contributed by atoms with Crippen molar-refractivity contribution in [1.29, 1.82) is 0 Å². The quantitative estimate of drug-likeness (QED) is 0.885. The van der Waals surface area contributed by atoms with E-state index in [1.165, 1.54) is 0 Å². The highest BCUT2D eigenvalue weighted by atomic mass is 16.5. The average Bonchev–Trinajstić information content (AvgIpc) is 2.85. The van der Waals surface area contributed by atoms with Gasteiger partial charge in [-0.3, -0.25) is 4.90 Å². The topological polar surface area (TPSA) is 62.4 Å². The van der Waals surface area contributed by atoms with Crippen LogP contribution < -0.4 is 0 Å². The number of aliphatic hydroxyl groups is 1. The van der Waals surface area contributed by atoms with Gasteiger partial charge in [-0.1, -0.05) is 35.5 Å². The molecule has 0 bridgehead atoms. The van der Waals surface area contributed by atoms with Gasteiger partial charge < -0.3 is 9.63 Å². The number of benzene rings is 1. The number of aromatic nitrogens is 2. The Balaban J connectivity index is 2.02. The summed E-state index contributed by atoms with van der Waals surface area (Å²) in [7, 11) is 1.93. The first-order valence-corrected chi connectivity index (χ1v) is 7.14. The molecule has 0 saturated carbocycles. The zero-order chi connectivity index (χ0) is 15.5. The Morgan fingerprint density at radius 2 is 1.95 bits per heavy atom. The lowest BCUT2D eigenvalue weighted by molar-refractivity contribution is 0.0289. The molecule has 1 N–H and O–H groups in total. The Morgan fingerprint density at radius 1 is 1.29 bits per heavy atom. The summed E-state index contributed by atoms with van der Waals surface area (Å²) in [5.41, 5.74) is 0.401. The lowest BCUT2D eigenvalue weighted by Gasteiger charge is -2.28. The molecular weight excluding hydrogens is 266 g/mol. The first-order valence-electron chi connectivity index (χ1n) is 7.14. The van der Waals surface area contributed by atoms with Gasteiger partial charge in [0.1, 0.15) is 0 Å². The first-order chi connectivity index (χ1) is 9.85. The number of likely N-dealkylation sites (N-methyl/N-ethyl adjacent to an activating group) is 1. The van der Waals surface area contributed by atoms with E-state index >= 15 is 0 Å². The van der Waals surface area contributed by atoms with Crippen LogP contribution in [0.25, 0.3) is 0 Å². The van der Waals surface area contributed by atoms with E-state index in [9.17, 15) is 5.11 Å². The maximum absolute atomic E-state index is 9.88. The van der Waals surface area contributed by atoms with Gasteiger partial charge in [0.25, 0.3) is 0 Å². The van der Waals surface area contributed by atoms with Crippen LogP contribution in [0.1, 0.15) is 44.1 Å². The third kappa shape index (κ3) is 4.65. The van der Waals surface area contributed by atoms with E-state index in [1.807, 2.05) is 49.2 Å². The van der Waals surface area contributed by atoms with Crippen molar-refractivity contribution in [3.8, 4) is 0 Å². The van der Waals surface area contributed by atoms with E-state index in [0.717, 1.165) is 5.56 Å². The van der Waals surface area contributed by atoms with Crippen molar-refractivity contribution in [3.63, 3.8) is 0 Å². The predicted octanol–water partition coefficient (Wildman–Crippen LogP) is 2.42. The lowest BCUT2D eigenvalue weighted by atomic mass is 10.1. The summed E-state index contributed by atoms with van der Waals surface area (Å²) in [6.45, 7) is 6.09. The molecule has 0 aliphatic carbocycles. The van der Waals surface area contributed by atoms with Crippen LogP contribution in [-0.2, 0) is 6.42 Å². The fraction of sp³-hybridized carbons (Fsp3) is 0.500. The van der Waals surface area contributed by atoms with E-state index in [0.29, 0.717) is 24.7 Å². The summed E-state index contributed by atoms with van der Waals surface area (Å²) >= 11 is 0. The smallest absolute Gasteiger partial charge is 0.243 e. The third-order valence-electron chi connectivity index (χ3n) is 3.34. The second-order valence-electron chi connectivity index (χ2n) is 6.11. The molecule has 1 aromatic carbocycles. The van der Waals surface area contributed by atoms with E-state index < -0.39 is 5.60 Å². The fourth-order valence-electron chi connectivity index (χ4n) is 2.22. The molecule has 0 saturated heterocycles. The summed E-state index contributed by atoms with van der Waals surface area (Å²) in [5.74, 6) is 1.26. The van der Waals surface area contributed by atoms with Gasteiger partial charge in [-0.15, -0.1) is 0 Å². The minimum Gasteiger partial charge on any atom is -0.389 e. The van der Waals surface area contributed by atoms with Gasteiger partial charge in [0.05, 0.1) is 11.6 Å². The summed E-state index contributed by atoms with van der Waals surface area (Å²) in [6, 6.07) is 10.0. The van der Waals surface area contributed by atoms with Crippen molar-refractivity contribution in [3.05, 3.63) is 47.6 Å². The molecular formula is C16H23N3O2. The minimum absolute atomic E-state index is 0.0338. The Morgan fingerprint density at radius 3 is 2.57 bits per heavy atom. The van der Waals surface area contributed by atoms with Crippen molar-refractivity contribution in [2.24, 2.45) is 0 Å². The molecule has 0 radical (unpaired) electrons. The van der Waals surface area contributed by atoms with Crippen molar-refractivity contribution in [1.82, 2.24) is 15.0 Å². The van der Waals surface area contributed by atoms with Crippen molar-refractivity contribution in [2.75, 3.05) is 13.6 Å². The highest BCUT2D eigenvalue weighted by Gasteiger charge is 2.23. The van der Waals surface area contributed by atoms with E-state index in [1.54, 1.807) is 13.8 Å². The Labute approximate surface area is 125 Å². The molecule has 21 heavy (non-hydrogen) atoms. The maximum atomic E-state index is 9.88. The molecule has 5 nitrogen and oxygen atoms in total. The van der Waals surface area contributed by atoms with Crippen molar-refractivity contribution < 1.29 is 9.63 Å². The largest absolute Gasteiger partial charge is 0.389 e. The molecule has 114 valence electrons. The summed E-state index contributed by atoms with van der Waals surface area (Å²) in [4.78, 5) is 6.46. The summed E-state index contributed by atoms with van der Waals surface area (Å²) < 4.78 is 5.35. The molecule has 0 aliphatic rings. The predicted molar refractivity (Wildman–Crippen MR) is 80.9 cm³/mol. The molecule has 5 heteroatoms. The highest BCUT2D eigenvalue weighted by Crippen LogP contribution is 2.19. The first kappa shape index (κ1) is 15.7. The van der Waals surface area contributed by atoms with Crippen LogP contribution >= 0.6 is 0 Å². The van der Waals surface area contributed by atoms with Gasteiger partial charge >= 0.3 is 0 Å². The molecule has 1 unspecified atom stereocenters. The molecule has 1 aromatic heterocycles. The van der Waals surface area contributed by atoms with Crippen molar-refractivity contribution >= 4 is 0 Å². The monoisotopic (exact) mass is 289 g/mol. The van der Waals surface area contributed by atoms with Crippen LogP contribution in [0.4, 0.5) is 0 Å².